The van der Waals surface area contributed by atoms with Gasteiger partial charge in [0.25, 0.3) is 0 Å². The van der Waals surface area contributed by atoms with Crippen LogP contribution in [0, 0.1) is 68.6 Å². The molecule has 4 heterocycles. The lowest BCUT2D eigenvalue weighted by Crippen LogP contribution is -2.08. The topological polar surface area (TPSA) is 164 Å². The molecule has 52 heavy (non-hydrogen) atoms. The summed E-state index contributed by atoms with van der Waals surface area (Å²) in [6, 6.07) is 13.2. The highest BCUT2D eigenvalue weighted by Gasteiger charge is 2.38. The quantitative estimate of drug-likeness (QED) is 0.129. The highest BCUT2D eigenvalue weighted by Crippen LogP contribution is 2.48. The number of benzene rings is 2. The van der Waals surface area contributed by atoms with Crippen molar-refractivity contribution >= 4 is 98.3 Å². The summed E-state index contributed by atoms with van der Waals surface area (Å²) in [5, 5.41) is 38.5. The normalized spacial score (nSPS) is 15.1. The lowest BCUT2D eigenvalue weighted by molar-refractivity contribution is 0.106. The van der Waals surface area contributed by atoms with Crippen LogP contribution >= 0.6 is 22.7 Å². The van der Waals surface area contributed by atoms with Gasteiger partial charge >= 0.3 is 0 Å². The number of fused-ring (bicyclic) bond motifs is 7. The minimum Gasteiger partial charge on any atom is -0.327 e. The molecular weight excluding hydrogens is 717 g/mol. The molecule has 0 bridgehead atoms. The molecule has 0 spiro atoms. The molecule has 6 aromatic rings. The van der Waals surface area contributed by atoms with Crippen molar-refractivity contribution in [3.05, 3.63) is 93.1 Å². The van der Waals surface area contributed by atoms with E-state index in [4.69, 9.17) is 0 Å². The van der Waals surface area contributed by atoms with E-state index in [0.717, 1.165) is 54.1 Å². The third-order valence-electron chi connectivity index (χ3n) is 8.86. The first-order valence-electron chi connectivity index (χ1n) is 14.8. The molecule has 0 unspecified atom stereocenters. The number of allylic oxidation sites excluding steroid dienone is 4. The highest BCUT2D eigenvalue weighted by atomic mass is 32.1. The number of nitrogens with zero attached hydrogens (tertiary/aromatic N) is 8. The molecule has 248 valence electrons. The molecule has 2 aromatic carbocycles. The molecule has 0 amide bonds. The van der Waals surface area contributed by atoms with Crippen molar-refractivity contribution in [1.29, 1.82) is 21.0 Å². The Balaban J connectivity index is 1.26. The van der Waals surface area contributed by atoms with Crippen LogP contribution in [0.3, 0.4) is 0 Å². The lowest BCUT2D eigenvalue weighted by atomic mass is 10.0. The summed E-state index contributed by atoms with van der Waals surface area (Å²) in [6.45, 7) is 0. The van der Waals surface area contributed by atoms with E-state index in [-0.39, 0.29) is 56.5 Å². The molecule has 8 rings (SSSR count). The van der Waals surface area contributed by atoms with Gasteiger partial charge in [-0.2, -0.15) is 21.0 Å². The van der Waals surface area contributed by atoms with Crippen LogP contribution in [0.1, 0.15) is 31.8 Å². The Bertz CT molecular complexity index is 2830. The Hall–Kier alpha value is -6.98. The number of hydrogen-bond donors (Lipinski definition) is 0. The summed E-state index contributed by atoms with van der Waals surface area (Å²) in [5.41, 5.74) is -1.14. The Labute approximate surface area is 296 Å². The second-order valence-corrected chi connectivity index (χ2v) is 13.7. The third-order valence-corrected chi connectivity index (χ3v) is 11.3. The molecule has 0 saturated carbocycles. The largest absolute Gasteiger partial charge is 0.327 e. The number of thiophene rings is 2. The predicted octanol–water partition coefficient (Wildman–Crippen LogP) is 8.04. The molecule has 0 atom stereocenters. The minimum atomic E-state index is -1.26. The monoisotopic (exact) mass is 728 g/mol. The molecule has 0 fully saturated rings. The molecule has 0 N–H and O–H groups in total. The molecule has 10 nitrogen and oxygen atoms in total. The highest BCUT2D eigenvalue weighted by molar-refractivity contribution is 7.36. The average molecular weight is 729 g/mol. The van der Waals surface area contributed by atoms with Gasteiger partial charge in [0.2, 0.25) is 11.6 Å². The number of ketones is 2. The van der Waals surface area contributed by atoms with Crippen LogP contribution in [-0.4, -0.2) is 32.1 Å². The standard InChI is InChI=1S/C36H12F4N8O2S2/c1-47-25(45-29-27(13(9-41)10-42)15-3-19(37)21(39)5-17(15)33(29)49)7-23-31(47)35-36(51-23)32-24(52-35)8-26(48(32)2)46-30-28(14(11-43)12-44)16-4-20(38)22(40)6-18(16)34(30)50/h3-8H,1-2H3. The molecule has 4 aromatic heterocycles. The lowest BCUT2D eigenvalue weighted by Gasteiger charge is -2.04. The SMILES string of the molecule is Cn1c(N=C2C(=O)c3cc(F)c(F)cc3C2=C(C#N)C#N)cc2sc3c(sc4cc(N=C5C(=O)c6cc(F)c(F)cc6C5=C(C#N)C#N)n(C)c43)c21. The van der Waals surface area contributed by atoms with Crippen LogP contribution in [0.15, 0.2) is 57.5 Å². The van der Waals surface area contributed by atoms with Gasteiger partial charge in [0.1, 0.15) is 58.5 Å². The number of nitriles is 4. The van der Waals surface area contributed by atoms with E-state index < -0.39 is 46.0 Å². The Morgan fingerprint density at radius 1 is 0.577 bits per heavy atom. The maximum absolute atomic E-state index is 14.2. The first-order valence-corrected chi connectivity index (χ1v) is 16.4. The molecule has 16 heteroatoms. The van der Waals surface area contributed by atoms with E-state index in [1.54, 1.807) is 59.6 Å². The number of hydrogen-bond acceptors (Lipinski definition) is 10. The first kappa shape index (κ1) is 32.2. The Morgan fingerprint density at radius 2 is 0.904 bits per heavy atom. The van der Waals surface area contributed by atoms with E-state index in [1.165, 1.54) is 22.7 Å². The van der Waals surface area contributed by atoms with Crippen molar-refractivity contribution < 1.29 is 27.2 Å². The second kappa shape index (κ2) is 11.3. The van der Waals surface area contributed by atoms with Crippen molar-refractivity contribution in [2.75, 3.05) is 0 Å². The average Bonchev–Trinajstić information content (AvgIpc) is 3.91. The van der Waals surface area contributed by atoms with Gasteiger partial charge in [0, 0.05) is 59.6 Å². The van der Waals surface area contributed by atoms with Crippen molar-refractivity contribution in [3.63, 3.8) is 0 Å². The Kier molecular flexibility index (Phi) is 6.99. The maximum Gasteiger partial charge on any atom is 0.212 e. The number of carbonyl (C=O) groups is 2. The number of aryl methyl sites for hydroxylation is 2. The van der Waals surface area contributed by atoms with Crippen LogP contribution in [0.25, 0.3) is 41.0 Å². The van der Waals surface area contributed by atoms with Crippen molar-refractivity contribution in [2.45, 2.75) is 0 Å². The molecule has 0 radical (unpaired) electrons. The Morgan fingerprint density at radius 3 is 1.23 bits per heavy atom. The number of Topliss-reactive ketones (excluding diaryl/α,β-unsaturated/α-hetero) is 2. The van der Waals surface area contributed by atoms with Gasteiger partial charge in [-0.05, 0) is 24.3 Å². The van der Waals surface area contributed by atoms with E-state index in [0.29, 0.717) is 0 Å². The van der Waals surface area contributed by atoms with Gasteiger partial charge in [0.15, 0.2) is 23.3 Å². The van der Waals surface area contributed by atoms with Gasteiger partial charge in [-0.1, -0.05) is 0 Å². The van der Waals surface area contributed by atoms with Crippen molar-refractivity contribution in [2.24, 2.45) is 24.1 Å². The van der Waals surface area contributed by atoms with Crippen LogP contribution < -0.4 is 0 Å². The van der Waals surface area contributed by atoms with Crippen LogP contribution in [0.5, 0.6) is 0 Å². The zero-order valence-corrected chi connectivity index (χ0v) is 27.8. The third kappa shape index (κ3) is 4.29. The smallest absolute Gasteiger partial charge is 0.212 e. The number of rotatable bonds is 2. The van der Waals surface area contributed by atoms with Crippen molar-refractivity contribution in [1.82, 2.24) is 9.13 Å². The summed E-state index contributed by atoms with van der Waals surface area (Å²) in [6.07, 6.45) is 0. The summed E-state index contributed by atoms with van der Waals surface area (Å²) < 4.78 is 63.2. The van der Waals surface area contributed by atoms with Crippen LogP contribution in [-0.2, 0) is 14.1 Å². The summed E-state index contributed by atoms with van der Waals surface area (Å²) in [4.78, 5) is 35.8. The van der Waals surface area contributed by atoms with Crippen molar-refractivity contribution in [3.8, 4) is 24.3 Å². The summed E-state index contributed by atoms with van der Waals surface area (Å²) in [5.74, 6) is -6.03. The molecule has 0 aliphatic heterocycles. The van der Waals surface area contributed by atoms with Gasteiger partial charge in [-0.3, -0.25) is 9.59 Å². The second-order valence-electron chi connectivity index (χ2n) is 11.6. The van der Waals surface area contributed by atoms with Crippen LogP contribution in [0.4, 0.5) is 29.2 Å². The van der Waals surface area contributed by atoms with Gasteiger partial charge in [-0.15, -0.1) is 22.7 Å². The fraction of sp³-hybridized carbons (Fsp3) is 0.0556. The minimum absolute atomic E-state index is 0.107. The van der Waals surface area contributed by atoms with Gasteiger partial charge in [-0.25, -0.2) is 27.5 Å². The van der Waals surface area contributed by atoms with E-state index >= 15 is 0 Å². The van der Waals surface area contributed by atoms with E-state index in [2.05, 4.69) is 9.98 Å². The zero-order valence-electron chi connectivity index (χ0n) is 26.2. The molecule has 0 saturated heterocycles. The van der Waals surface area contributed by atoms with Crippen LogP contribution in [0.2, 0.25) is 0 Å². The van der Waals surface area contributed by atoms with E-state index in [9.17, 15) is 48.2 Å². The molecule has 2 aliphatic rings. The fourth-order valence-electron chi connectivity index (χ4n) is 6.49. The fourth-order valence-corrected chi connectivity index (χ4v) is 9.37. The summed E-state index contributed by atoms with van der Waals surface area (Å²) >= 11 is 2.76. The molecular formula is C36H12F4N8O2S2. The zero-order chi connectivity index (χ0) is 36.9. The maximum atomic E-state index is 14.2. The summed E-state index contributed by atoms with van der Waals surface area (Å²) in [7, 11) is 3.40. The number of aromatic nitrogens is 2. The number of carbonyl (C=O) groups excluding carboxylic acids is 2. The van der Waals surface area contributed by atoms with Gasteiger partial charge < -0.3 is 9.13 Å². The number of halogens is 4. The van der Waals surface area contributed by atoms with E-state index in [1.807, 2.05) is 0 Å². The molecule has 2 aliphatic carbocycles. The first-order chi connectivity index (χ1) is 24.9. The van der Waals surface area contributed by atoms with Gasteiger partial charge in [0.05, 0.1) is 29.8 Å². The number of aliphatic imine (C=N–C) groups is 2. The predicted molar refractivity (Wildman–Crippen MR) is 185 cm³/mol.